The highest BCUT2D eigenvalue weighted by molar-refractivity contribution is 5.83. The minimum absolute atomic E-state index is 0.0349. The van der Waals surface area contributed by atoms with Gasteiger partial charge in [0.25, 0.3) is 0 Å². The number of ether oxygens (including phenoxy) is 2. The van der Waals surface area contributed by atoms with E-state index in [1.807, 2.05) is 30.3 Å². The van der Waals surface area contributed by atoms with Crippen molar-refractivity contribution in [2.24, 2.45) is 0 Å². The first-order valence-electron chi connectivity index (χ1n) is 10.1. The van der Waals surface area contributed by atoms with Crippen molar-refractivity contribution in [3.63, 3.8) is 0 Å². The summed E-state index contributed by atoms with van der Waals surface area (Å²) in [5.41, 5.74) is 2.09. The van der Waals surface area contributed by atoms with Gasteiger partial charge in [-0.05, 0) is 12.0 Å². The maximum atomic E-state index is 11.1. The fourth-order valence-electron chi connectivity index (χ4n) is 3.71. The van der Waals surface area contributed by atoms with Crippen molar-refractivity contribution >= 4 is 23.0 Å². The Labute approximate surface area is 178 Å². The van der Waals surface area contributed by atoms with Gasteiger partial charge in [0.1, 0.15) is 31.2 Å². The normalized spacial score (nSPS) is 24.3. The summed E-state index contributed by atoms with van der Waals surface area (Å²) in [7, 11) is 0. The van der Waals surface area contributed by atoms with E-state index in [1.165, 1.54) is 19.6 Å². The minimum atomic E-state index is -1.24. The van der Waals surface area contributed by atoms with E-state index in [1.54, 1.807) is 4.57 Å². The van der Waals surface area contributed by atoms with Crippen molar-refractivity contribution in [3.8, 4) is 0 Å². The lowest BCUT2D eigenvalue weighted by Gasteiger charge is -2.19. The fourth-order valence-corrected chi connectivity index (χ4v) is 3.71. The molecule has 1 aliphatic rings. The molecule has 10 heteroatoms. The second-order valence-corrected chi connectivity index (χ2v) is 7.41. The van der Waals surface area contributed by atoms with Gasteiger partial charge in [-0.1, -0.05) is 37.3 Å². The molecule has 0 amide bonds. The summed E-state index contributed by atoms with van der Waals surface area (Å²) in [6.45, 7) is 3.19. The Balaban J connectivity index is 1.60. The third kappa shape index (κ3) is 4.22. The van der Waals surface area contributed by atoms with Crippen LogP contribution in [0.1, 0.15) is 38.1 Å². The van der Waals surface area contributed by atoms with Crippen molar-refractivity contribution in [2.75, 3.05) is 11.9 Å². The number of benzene rings is 1. The number of nitrogens with one attached hydrogen (secondary N) is 1. The SMILES string of the molecule is CC[C@@H](Nc1ncnc2c1ncn2[C@@H]1O[C@H](COC(C)=O)[C@@H](O)[C@H]1O)c1ccccc1. The second-order valence-electron chi connectivity index (χ2n) is 7.41. The molecule has 1 saturated heterocycles. The monoisotopic (exact) mass is 427 g/mol. The number of aliphatic hydroxyl groups excluding tert-OH is 2. The zero-order valence-electron chi connectivity index (χ0n) is 17.3. The molecule has 0 aliphatic carbocycles. The van der Waals surface area contributed by atoms with Gasteiger partial charge in [-0.3, -0.25) is 9.36 Å². The van der Waals surface area contributed by atoms with E-state index < -0.39 is 30.5 Å². The van der Waals surface area contributed by atoms with E-state index in [2.05, 4.69) is 27.2 Å². The molecule has 0 saturated carbocycles. The van der Waals surface area contributed by atoms with Crippen LogP contribution in [0, 0.1) is 0 Å². The average molecular weight is 427 g/mol. The van der Waals surface area contributed by atoms with Crippen molar-refractivity contribution in [1.29, 1.82) is 0 Å². The average Bonchev–Trinajstić information content (AvgIpc) is 3.33. The Kier molecular flexibility index (Phi) is 6.12. The number of fused-ring (bicyclic) bond motifs is 1. The van der Waals surface area contributed by atoms with Crippen molar-refractivity contribution in [2.45, 2.75) is 50.8 Å². The number of carbonyl (C=O) groups excluding carboxylic acids is 1. The van der Waals surface area contributed by atoms with Crippen LogP contribution in [0.15, 0.2) is 43.0 Å². The van der Waals surface area contributed by atoms with Gasteiger partial charge < -0.3 is 25.0 Å². The molecule has 0 bridgehead atoms. The van der Waals surface area contributed by atoms with Crippen molar-refractivity contribution < 1.29 is 24.5 Å². The maximum absolute atomic E-state index is 11.1. The molecule has 10 nitrogen and oxygen atoms in total. The highest BCUT2D eigenvalue weighted by Gasteiger charge is 2.44. The van der Waals surface area contributed by atoms with Crippen LogP contribution in [-0.4, -0.2) is 60.6 Å². The molecule has 3 heterocycles. The van der Waals surface area contributed by atoms with E-state index in [4.69, 9.17) is 9.47 Å². The van der Waals surface area contributed by atoms with Gasteiger partial charge in [0, 0.05) is 6.92 Å². The topological polar surface area (TPSA) is 132 Å². The smallest absolute Gasteiger partial charge is 0.302 e. The molecule has 3 N–H and O–H groups in total. The molecule has 5 atom stereocenters. The Bertz CT molecular complexity index is 1040. The van der Waals surface area contributed by atoms with Gasteiger partial charge in [0.05, 0.1) is 12.4 Å². The molecule has 1 aromatic carbocycles. The number of aromatic nitrogens is 4. The lowest BCUT2D eigenvalue weighted by molar-refractivity contribution is -0.147. The van der Waals surface area contributed by atoms with E-state index in [-0.39, 0.29) is 12.6 Å². The van der Waals surface area contributed by atoms with Gasteiger partial charge in [0.15, 0.2) is 23.2 Å². The Hall–Kier alpha value is -3.08. The third-order valence-corrected chi connectivity index (χ3v) is 5.34. The molecule has 164 valence electrons. The number of carbonyl (C=O) groups is 1. The van der Waals surface area contributed by atoms with Gasteiger partial charge in [-0.2, -0.15) is 0 Å². The molecule has 0 unspecified atom stereocenters. The second kappa shape index (κ2) is 8.96. The first-order valence-corrected chi connectivity index (χ1v) is 10.1. The minimum Gasteiger partial charge on any atom is -0.463 e. The number of anilines is 1. The molecule has 1 fully saturated rings. The Morgan fingerprint density at radius 3 is 2.71 bits per heavy atom. The standard InChI is InChI=1S/C21H25N5O5/c1-3-14(13-7-5-4-6-8-13)25-19-16-20(23-10-22-19)26(11-24-16)21-18(29)17(28)15(31-21)9-30-12(2)27/h4-8,10-11,14-15,17-18,21,28-29H,3,9H2,1-2H3,(H,22,23,25)/t14-,15-,17-,18-,21-/m1/s1. The summed E-state index contributed by atoms with van der Waals surface area (Å²) in [6.07, 6.45) is -0.508. The quantitative estimate of drug-likeness (QED) is 0.481. The first kappa shape index (κ1) is 21.2. The molecule has 4 rings (SSSR count). The number of hydrogen-bond donors (Lipinski definition) is 3. The molecule has 1 aliphatic heterocycles. The first-order chi connectivity index (χ1) is 15.0. The number of esters is 1. The number of nitrogens with zero attached hydrogens (tertiary/aromatic N) is 4. The summed E-state index contributed by atoms with van der Waals surface area (Å²) in [5, 5.41) is 24.2. The summed E-state index contributed by atoms with van der Waals surface area (Å²) < 4.78 is 12.2. The van der Waals surface area contributed by atoms with E-state index in [0.29, 0.717) is 17.0 Å². The summed E-state index contributed by atoms with van der Waals surface area (Å²) in [4.78, 5) is 24.1. The van der Waals surface area contributed by atoms with Gasteiger partial charge >= 0.3 is 5.97 Å². The van der Waals surface area contributed by atoms with E-state index >= 15 is 0 Å². The third-order valence-electron chi connectivity index (χ3n) is 5.34. The lowest BCUT2D eigenvalue weighted by atomic mass is 10.0. The van der Waals surface area contributed by atoms with Crippen LogP contribution in [0.25, 0.3) is 11.2 Å². The van der Waals surface area contributed by atoms with Crippen LogP contribution >= 0.6 is 0 Å². The van der Waals surface area contributed by atoms with Crippen LogP contribution in [0.5, 0.6) is 0 Å². The number of aliphatic hydroxyl groups is 2. The number of imidazole rings is 1. The highest BCUT2D eigenvalue weighted by Crippen LogP contribution is 2.33. The summed E-state index contributed by atoms with van der Waals surface area (Å²) in [6, 6.07) is 10.1. The van der Waals surface area contributed by atoms with Crippen LogP contribution < -0.4 is 5.32 Å². The van der Waals surface area contributed by atoms with Crippen molar-refractivity contribution in [1.82, 2.24) is 19.5 Å². The van der Waals surface area contributed by atoms with Crippen LogP contribution in [0.4, 0.5) is 5.82 Å². The fraction of sp³-hybridized carbons (Fsp3) is 0.429. The molecule has 2 aromatic heterocycles. The zero-order valence-corrected chi connectivity index (χ0v) is 17.3. The van der Waals surface area contributed by atoms with Crippen LogP contribution in [0.3, 0.4) is 0 Å². The van der Waals surface area contributed by atoms with Crippen molar-refractivity contribution in [3.05, 3.63) is 48.5 Å². The Morgan fingerprint density at radius 2 is 2.00 bits per heavy atom. The zero-order chi connectivity index (χ0) is 22.0. The highest BCUT2D eigenvalue weighted by atomic mass is 16.6. The van der Waals surface area contributed by atoms with Crippen LogP contribution in [-0.2, 0) is 14.3 Å². The molecular weight excluding hydrogens is 402 g/mol. The van der Waals surface area contributed by atoms with Gasteiger partial charge in [-0.15, -0.1) is 0 Å². The molecule has 0 radical (unpaired) electrons. The van der Waals surface area contributed by atoms with E-state index in [0.717, 1.165) is 12.0 Å². The van der Waals surface area contributed by atoms with Gasteiger partial charge in [0.2, 0.25) is 0 Å². The van der Waals surface area contributed by atoms with Gasteiger partial charge in [-0.25, -0.2) is 15.0 Å². The summed E-state index contributed by atoms with van der Waals surface area (Å²) >= 11 is 0. The molecule has 3 aromatic rings. The van der Waals surface area contributed by atoms with Crippen LogP contribution in [0.2, 0.25) is 0 Å². The Morgan fingerprint density at radius 1 is 1.23 bits per heavy atom. The van der Waals surface area contributed by atoms with E-state index in [9.17, 15) is 15.0 Å². The maximum Gasteiger partial charge on any atom is 0.302 e. The predicted octanol–water partition coefficient (Wildman–Crippen LogP) is 1.57. The number of rotatable bonds is 7. The number of hydrogen-bond acceptors (Lipinski definition) is 9. The lowest BCUT2D eigenvalue weighted by Crippen LogP contribution is -2.34. The largest absolute Gasteiger partial charge is 0.463 e. The molecular formula is C21H25N5O5. The molecule has 0 spiro atoms. The molecule has 31 heavy (non-hydrogen) atoms. The summed E-state index contributed by atoms with van der Waals surface area (Å²) in [5.74, 6) is 0.0677. The predicted molar refractivity (Wildman–Crippen MR) is 111 cm³/mol.